The summed E-state index contributed by atoms with van der Waals surface area (Å²) in [5, 5.41) is 3.47. The molecule has 0 unspecified atom stereocenters. The summed E-state index contributed by atoms with van der Waals surface area (Å²) in [6.07, 6.45) is 2.80. The zero-order chi connectivity index (χ0) is 15.2. The van der Waals surface area contributed by atoms with Crippen LogP contribution in [0.3, 0.4) is 0 Å². The van der Waals surface area contributed by atoms with E-state index in [2.05, 4.69) is 10.3 Å². The molecule has 21 heavy (non-hydrogen) atoms. The quantitative estimate of drug-likeness (QED) is 0.781. The van der Waals surface area contributed by atoms with Gasteiger partial charge in [-0.05, 0) is 38.5 Å². The van der Waals surface area contributed by atoms with Crippen LogP contribution in [0.5, 0.6) is 0 Å². The number of hydrogen-bond acceptors (Lipinski definition) is 3. The molecule has 0 radical (unpaired) electrons. The number of anilines is 2. The van der Waals surface area contributed by atoms with Gasteiger partial charge >= 0.3 is 0 Å². The van der Waals surface area contributed by atoms with Crippen molar-refractivity contribution in [3.63, 3.8) is 0 Å². The average Bonchev–Trinajstić information content (AvgIpc) is 2.79. The number of aryl methyl sites for hydroxylation is 2. The lowest BCUT2D eigenvalue weighted by atomic mass is 10.3. The maximum atomic E-state index is 13.8. The largest absolute Gasteiger partial charge is 0.382 e. The van der Waals surface area contributed by atoms with Crippen LogP contribution in [0.4, 0.5) is 16.0 Å². The zero-order valence-electron chi connectivity index (χ0n) is 12.2. The predicted octanol–water partition coefficient (Wildman–Crippen LogP) is 4.15. The van der Waals surface area contributed by atoms with Crippen LogP contribution >= 0.6 is 11.6 Å². The SMILES string of the molecule is CCOCCCn1cc(C)nc1Nc1cc(Cl)ccc1F. The first-order chi connectivity index (χ1) is 10.1. The highest BCUT2D eigenvalue weighted by molar-refractivity contribution is 6.30. The molecule has 0 bridgehead atoms. The van der Waals surface area contributed by atoms with Gasteiger partial charge in [-0.25, -0.2) is 9.37 Å². The summed E-state index contributed by atoms with van der Waals surface area (Å²) in [6, 6.07) is 4.40. The standard InChI is InChI=1S/C15H19ClFN3O/c1-3-21-8-4-7-20-10-11(2)18-15(20)19-14-9-12(16)5-6-13(14)17/h5-6,9-10H,3-4,7-8H2,1-2H3,(H,18,19). The first-order valence-corrected chi connectivity index (χ1v) is 7.31. The summed E-state index contributed by atoms with van der Waals surface area (Å²) >= 11 is 5.90. The van der Waals surface area contributed by atoms with Crippen LogP contribution in [0, 0.1) is 12.7 Å². The van der Waals surface area contributed by atoms with E-state index in [1.807, 2.05) is 24.6 Å². The Morgan fingerprint density at radius 2 is 2.24 bits per heavy atom. The molecule has 114 valence electrons. The number of aromatic nitrogens is 2. The minimum Gasteiger partial charge on any atom is -0.382 e. The van der Waals surface area contributed by atoms with Crippen molar-refractivity contribution < 1.29 is 9.13 Å². The van der Waals surface area contributed by atoms with Crippen LogP contribution < -0.4 is 5.32 Å². The molecule has 0 atom stereocenters. The van der Waals surface area contributed by atoms with Gasteiger partial charge in [0.1, 0.15) is 5.82 Å². The van der Waals surface area contributed by atoms with Crippen molar-refractivity contribution in [2.24, 2.45) is 0 Å². The Morgan fingerprint density at radius 3 is 3.00 bits per heavy atom. The van der Waals surface area contributed by atoms with Gasteiger partial charge in [0.05, 0.1) is 11.4 Å². The molecule has 0 aliphatic carbocycles. The Balaban J connectivity index is 2.10. The molecule has 0 fully saturated rings. The van der Waals surface area contributed by atoms with E-state index in [-0.39, 0.29) is 5.82 Å². The van der Waals surface area contributed by atoms with Gasteiger partial charge in [-0.3, -0.25) is 0 Å². The number of nitrogens with one attached hydrogen (secondary N) is 1. The van der Waals surface area contributed by atoms with Crippen molar-refractivity contribution in [2.75, 3.05) is 18.5 Å². The summed E-state index contributed by atoms with van der Waals surface area (Å²) < 4.78 is 21.0. The molecule has 1 aromatic carbocycles. The van der Waals surface area contributed by atoms with Crippen molar-refractivity contribution in [3.8, 4) is 0 Å². The maximum absolute atomic E-state index is 13.8. The lowest BCUT2D eigenvalue weighted by molar-refractivity contribution is 0.142. The molecule has 1 N–H and O–H groups in total. The molecule has 6 heteroatoms. The van der Waals surface area contributed by atoms with Gasteiger partial charge in [0.25, 0.3) is 0 Å². The molecule has 4 nitrogen and oxygen atoms in total. The normalized spacial score (nSPS) is 10.9. The third-order valence-corrected chi connectivity index (χ3v) is 3.20. The van der Waals surface area contributed by atoms with Crippen LogP contribution in [-0.4, -0.2) is 22.8 Å². The van der Waals surface area contributed by atoms with Crippen LogP contribution in [0.15, 0.2) is 24.4 Å². The fourth-order valence-corrected chi connectivity index (χ4v) is 2.18. The topological polar surface area (TPSA) is 39.1 Å². The second-order valence-electron chi connectivity index (χ2n) is 4.70. The highest BCUT2D eigenvalue weighted by atomic mass is 35.5. The summed E-state index contributed by atoms with van der Waals surface area (Å²) in [4.78, 5) is 4.38. The smallest absolute Gasteiger partial charge is 0.207 e. The molecule has 0 aliphatic rings. The van der Waals surface area contributed by atoms with E-state index < -0.39 is 0 Å². The van der Waals surface area contributed by atoms with E-state index >= 15 is 0 Å². The lowest BCUT2D eigenvalue weighted by Crippen LogP contribution is -2.06. The monoisotopic (exact) mass is 311 g/mol. The second kappa shape index (κ2) is 7.43. The van der Waals surface area contributed by atoms with Gasteiger partial charge in [0.15, 0.2) is 0 Å². The number of nitrogens with zero attached hydrogens (tertiary/aromatic N) is 2. The Hall–Kier alpha value is -1.59. The maximum Gasteiger partial charge on any atom is 0.207 e. The van der Waals surface area contributed by atoms with Crippen molar-refractivity contribution in [3.05, 3.63) is 40.9 Å². The number of benzene rings is 1. The van der Waals surface area contributed by atoms with Crippen molar-refractivity contribution in [2.45, 2.75) is 26.8 Å². The fraction of sp³-hybridized carbons (Fsp3) is 0.400. The molecule has 2 rings (SSSR count). The van der Waals surface area contributed by atoms with Gasteiger partial charge < -0.3 is 14.6 Å². The van der Waals surface area contributed by atoms with Crippen LogP contribution in [-0.2, 0) is 11.3 Å². The Bertz CT molecular complexity index is 601. The third-order valence-electron chi connectivity index (χ3n) is 2.96. The van der Waals surface area contributed by atoms with E-state index in [0.717, 1.165) is 18.7 Å². The molecule has 0 amide bonds. The van der Waals surface area contributed by atoms with Crippen LogP contribution in [0.25, 0.3) is 0 Å². The molecular weight excluding hydrogens is 293 g/mol. The Morgan fingerprint density at radius 1 is 1.43 bits per heavy atom. The van der Waals surface area contributed by atoms with Crippen molar-refractivity contribution in [1.82, 2.24) is 9.55 Å². The van der Waals surface area contributed by atoms with E-state index in [4.69, 9.17) is 16.3 Å². The van der Waals surface area contributed by atoms with Gasteiger partial charge in [-0.15, -0.1) is 0 Å². The molecule has 0 saturated heterocycles. The molecule has 0 aliphatic heterocycles. The third kappa shape index (κ3) is 4.44. The Kier molecular flexibility index (Phi) is 5.59. The van der Waals surface area contributed by atoms with E-state index in [9.17, 15) is 4.39 Å². The van der Waals surface area contributed by atoms with Crippen molar-refractivity contribution in [1.29, 1.82) is 0 Å². The molecule has 1 heterocycles. The molecule has 0 spiro atoms. The predicted molar refractivity (Wildman–Crippen MR) is 82.8 cm³/mol. The zero-order valence-corrected chi connectivity index (χ0v) is 13.0. The average molecular weight is 312 g/mol. The minimum absolute atomic E-state index is 0.319. The summed E-state index contributed by atoms with van der Waals surface area (Å²) in [5.41, 5.74) is 1.19. The van der Waals surface area contributed by atoms with Crippen LogP contribution in [0.2, 0.25) is 5.02 Å². The summed E-state index contributed by atoms with van der Waals surface area (Å²) in [7, 11) is 0. The van der Waals surface area contributed by atoms with E-state index in [1.54, 1.807) is 6.07 Å². The first-order valence-electron chi connectivity index (χ1n) is 6.93. The molecule has 2 aromatic rings. The van der Waals surface area contributed by atoms with Gasteiger partial charge in [-0.2, -0.15) is 0 Å². The van der Waals surface area contributed by atoms with Gasteiger partial charge in [0.2, 0.25) is 5.95 Å². The van der Waals surface area contributed by atoms with Gasteiger partial charge in [0, 0.05) is 31.0 Å². The highest BCUT2D eigenvalue weighted by Gasteiger charge is 2.09. The molecule has 1 aromatic heterocycles. The molecular formula is C15H19ClFN3O. The lowest BCUT2D eigenvalue weighted by Gasteiger charge is -2.10. The second-order valence-corrected chi connectivity index (χ2v) is 5.14. The number of imidazole rings is 1. The Labute approximate surface area is 128 Å². The van der Waals surface area contributed by atoms with Crippen LogP contribution in [0.1, 0.15) is 19.0 Å². The number of halogens is 2. The number of rotatable bonds is 7. The fourth-order valence-electron chi connectivity index (χ4n) is 2.01. The summed E-state index contributed by atoms with van der Waals surface area (Å²) in [6.45, 7) is 6.03. The van der Waals surface area contributed by atoms with E-state index in [1.165, 1.54) is 12.1 Å². The minimum atomic E-state index is -0.360. The van der Waals surface area contributed by atoms with Gasteiger partial charge in [-0.1, -0.05) is 11.6 Å². The number of ether oxygens (including phenoxy) is 1. The highest BCUT2D eigenvalue weighted by Crippen LogP contribution is 2.23. The first kappa shape index (κ1) is 15.8. The van der Waals surface area contributed by atoms with E-state index in [0.29, 0.717) is 29.9 Å². The number of hydrogen-bond donors (Lipinski definition) is 1. The van der Waals surface area contributed by atoms with Crippen molar-refractivity contribution >= 4 is 23.2 Å². The summed E-state index contributed by atoms with van der Waals surface area (Å²) in [5.74, 6) is 0.242. The molecule has 0 saturated carbocycles.